The van der Waals surface area contributed by atoms with Gasteiger partial charge in [-0.3, -0.25) is 9.59 Å². The quantitative estimate of drug-likeness (QED) is 0.847. The number of nitrogens with one attached hydrogen (secondary N) is 1. The number of para-hydroxylation sites is 1. The maximum atomic E-state index is 12.6. The van der Waals surface area contributed by atoms with Gasteiger partial charge in [-0.25, -0.2) is 0 Å². The molecule has 0 aliphatic carbocycles. The Morgan fingerprint density at radius 1 is 1.43 bits per heavy atom. The van der Waals surface area contributed by atoms with Crippen molar-refractivity contribution in [3.63, 3.8) is 0 Å². The van der Waals surface area contributed by atoms with Gasteiger partial charge in [-0.1, -0.05) is 12.1 Å². The second kappa shape index (κ2) is 5.50. The van der Waals surface area contributed by atoms with Gasteiger partial charge in [0.1, 0.15) is 11.6 Å². The van der Waals surface area contributed by atoms with E-state index < -0.39 is 11.9 Å². The molecule has 0 saturated carbocycles. The first kappa shape index (κ1) is 14.1. The van der Waals surface area contributed by atoms with Crippen molar-refractivity contribution in [3.8, 4) is 0 Å². The number of primary amides is 1. The second-order valence-electron chi connectivity index (χ2n) is 4.89. The van der Waals surface area contributed by atoms with Gasteiger partial charge in [0.05, 0.1) is 4.47 Å². The molecule has 1 fully saturated rings. The van der Waals surface area contributed by atoms with Crippen molar-refractivity contribution >= 4 is 38.7 Å². The van der Waals surface area contributed by atoms with Gasteiger partial charge in [-0.2, -0.15) is 0 Å². The zero-order valence-electron chi connectivity index (χ0n) is 11.1. The Morgan fingerprint density at radius 3 is 2.95 bits per heavy atom. The minimum Gasteiger partial charge on any atom is -0.450 e. The van der Waals surface area contributed by atoms with E-state index in [1.165, 1.54) is 4.90 Å². The van der Waals surface area contributed by atoms with Crippen molar-refractivity contribution in [1.29, 1.82) is 0 Å². The Balaban J connectivity index is 1.95. The topological polar surface area (TPSA) is 88.6 Å². The number of carbonyl (C=O) groups excluding carboxylic acids is 2. The van der Waals surface area contributed by atoms with E-state index in [1.54, 1.807) is 6.07 Å². The highest BCUT2D eigenvalue weighted by molar-refractivity contribution is 9.10. The molecule has 3 N–H and O–H groups in total. The average Bonchev–Trinajstić information content (AvgIpc) is 2.92. The molecule has 0 bridgehead atoms. The van der Waals surface area contributed by atoms with Gasteiger partial charge in [0.25, 0.3) is 5.91 Å². The summed E-state index contributed by atoms with van der Waals surface area (Å²) in [6, 6.07) is 6.61. The van der Waals surface area contributed by atoms with Crippen LogP contribution < -0.4 is 11.1 Å². The van der Waals surface area contributed by atoms with Gasteiger partial charge in [0.15, 0.2) is 5.76 Å². The highest BCUT2D eigenvalue weighted by Crippen LogP contribution is 2.27. The summed E-state index contributed by atoms with van der Waals surface area (Å²) in [5.74, 6) is -0.624. The van der Waals surface area contributed by atoms with E-state index in [1.807, 2.05) is 18.2 Å². The van der Waals surface area contributed by atoms with Gasteiger partial charge in [0.2, 0.25) is 5.91 Å². The van der Waals surface area contributed by atoms with Gasteiger partial charge < -0.3 is 20.4 Å². The highest BCUT2D eigenvalue weighted by Gasteiger charge is 2.32. The summed E-state index contributed by atoms with van der Waals surface area (Å²) in [6.07, 6.45) is 0. The predicted molar refractivity (Wildman–Crippen MR) is 80.8 cm³/mol. The van der Waals surface area contributed by atoms with Crippen LogP contribution in [-0.4, -0.2) is 42.4 Å². The number of hydrogen-bond donors (Lipinski definition) is 2. The Hall–Kier alpha value is -1.86. The van der Waals surface area contributed by atoms with Crippen molar-refractivity contribution in [2.45, 2.75) is 6.04 Å². The summed E-state index contributed by atoms with van der Waals surface area (Å²) in [5.41, 5.74) is 5.98. The number of piperazine rings is 1. The first-order valence-corrected chi connectivity index (χ1v) is 7.36. The fraction of sp³-hybridized carbons (Fsp3) is 0.286. The zero-order chi connectivity index (χ0) is 15.0. The Bertz CT molecular complexity index is 713. The molecule has 1 aromatic heterocycles. The Labute approximate surface area is 129 Å². The minimum atomic E-state index is -0.650. The van der Waals surface area contributed by atoms with Crippen LogP contribution in [0.2, 0.25) is 0 Å². The molecule has 1 unspecified atom stereocenters. The number of carbonyl (C=O) groups is 2. The summed E-state index contributed by atoms with van der Waals surface area (Å²) in [7, 11) is 0. The van der Waals surface area contributed by atoms with E-state index in [4.69, 9.17) is 10.2 Å². The van der Waals surface area contributed by atoms with E-state index in [-0.39, 0.29) is 11.7 Å². The van der Waals surface area contributed by atoms with Crippen LogP contribution in [-0.2, 0) is 4.79 Å². The standard InChI is InChI=1S/C14H14BrN3O3/c15-9-3-1-2-8-6-11(21-12(8)9)14(20)18-5-4-17-7-10(18)13(16)19/h1-3,6,10,17H,4-5,7H2,(H2,16,19). The normalized spacial score (nSPS) is 18.9. The van der Waals surface area contributed by atoms with E-state index in [9.17, 15) is 9.59 Å². The van der Waals surface area contributed by atoms with Crippen LogP contribution in [0.4, 0.5) is 0 Å². The molecule has 7 heteroatoms. The van der Waals surface area contributed by atoms with Crippen LogP contribution in [0.25, 0.3) is 11.0 Å². The summed E-state index contributed by atoms with van der Waals surface area (Å²) < 4.78 is 6.41. The molecule has 1 aromatic carbocycles. The van der Waals surface area contributed by atoms with E-state index in [2.05, 4.69) is 21.2 Å². The molecular formula is C14H14BrN3O3. The van der Waals surface area contributed by atoms with Crippen molar-refractivity contribution < 1.29 is 14.0 Å². The number of nitrogens with zero attached hydrogens (tertiary/aromatic N) is 1. The maximum Gasteiger partial charge on any atom is 0.290 e. The smallest absolute Gasteiger partial charge is 0.290 e. The zero-order valence-corrected chi connectivity index (χ0v) is 12.7. The van der Waals surface area contributed by atoms with Crippen LogP contribution in [0.5, 0.6) is 0 Å². The number of rotatable bonds is 2. The number of benzene rings is 1. The third-order valence-corrected chi connectivity index (χ3v) is 4.16. The molecule has 0 radical (unpaired) electrons. The second-order valence-corrected chi connectivity index (χ2v) is 5.74. The molecule has 110 valence electrons. The third-order valence-electron chi connectivity index (χ3n) is 3.54. The van der Waals surface area contributed by atoms with Crippen LogP contribution in [0.15, 0.2) is 33.2 Å². The van der Waals surface area contributed by atoms with Crippen LogP contribution >= 0.6 is 15.9 Å². The number of furan rings is 1. The van der Waals surface area contributed by atoms with Crippen molar-refractivity contribution in [1.82, 2.24) is 10.2 Å². The molecule has 2 heterocycles. The average molecular weight is 352 g/mol. The largest absolute Gasteiger partial charge is 0.450 e. The van der Waals surface area contributed by atoms with Crippen LogP contribution in [0, 0.1) is 0 Å². The first-order chi connectivity index (χ1) is 10.1. The molecule has 6 nitrogen and oxygen atoms in total. The molecule has 1 aliphatic heterocycles. The van der Waals surface area contributed by atoms with Crippen molar-refractivity contribution in [2.24, 2.45) is 5.73 Å². The number of hydrogen-bond acceptors (Lipinski definition) is 4. The lowest BCUT2D eigenvalue weighted by Gasteiger charge is -2.33. The molecule has 1 aliphatic rings. The third kappa shape index (κ3) is 2.54. The molecule has 3 rings (SSSR count). The molecule has 0 spiro atoms. The fourth-order valence-corrected chi connectivity index (χ4v) is 2.94. The molecule has 2 amide bonds. The summed E-state index contributed by atoms with van der Waals surface area (Å²) in [4.78, 5) is 25.5. The molecule has 1 atom stereocenters. The summed E-state index contributed by atoms with van der Waals surface area (Å²) >= 11 is 3.39. The summed E-state index contributed by atoms with van der Waals surface area (Å²) in [6.45, 7) is 1.41. The molecular weight excluding hydrogens is 338 g/mol. The van der Waals surface area contributed by atoms with Crippen molar-refractivity contribution in [2.75, 3.05) is 19.6 Å². The molecule has 21 heavy (non-hydrogen) atoms. The lowest BCUT2D eigenvalue weighted by molar-refractivity contribution is -0.122. The van der Waals surface area contributed by atoms with Gasteiger partial charge >= 0.3 is 0 Å². The van der Waals surface area contributed by atoms with E-state index >= 15 is 0 Å². The lowest BCUT2D eigenvalue weighted by atomic mass is 10.1. The van der Waals surface area contributed by atoms with Gasteiger partial charge in [0, 0.05) is 25.0 Å². The SMILES string of the molecule is NC(=O)C1CNCCN1C(=O)c1cc2cccc(Br)c2o1. The Kier molecular flexibility index (Phi) is 3.69. The molecule has 2 aromatic rings. The van der Waals surface area contributed by atoms with Gasteiger partial charge in [-0.15, -0.1) is 0 Å². The maximum absolute atomic E-state index is 12.6. The van der Waals surface area contributed by atoms with E-state index in [0.717, 1.165) is 9.86 Å². The van der Waals surface area contributed by atoms with Crippen LogP contribution in [0.3, 0.4) is 0 Å². The van der Waals surface area contributed by atoms with Gasteiger partial charge in [-0.05, 0) is 28.1 Å². The highest BCUT2D eigenvalue weighted by atomic mass is 79.9. The fourth-order valence-electron chi connectivity index (χ4n) is 2.48. The number of fused-ring (bicyclic) bond motifs is 1. The Morgan fingerprint density at radius 2 is 2.24 bits per heavy atom. The number of nitrogens with two attached hydrogens (primary N) is 1. The van der Waals surface area contributed by atoms with Crippen molar-refractivity contribution in [3.05, 3.63) is 34.5 Å². The number of amides is 2. The first-order valence-electron chi connectivity index (χ1n) is 6.57. The predicted octanol–water partition coefficient (Wildman–Crippen LogP) is 1.09. The lowest BCUT2D eigenvalue weighted by Crippen LogP contribution is -2.58. The minimum absolute atomic E-state index is 0.213. The molecule has 1 saturated heterocycles. The monoisotopic (exact) mass is 351 g/mol. The van der Waals surface area contributed by atoms with Crippen LogP contribution in [0.1, 0.15) is 10.6 Å². The van der Waals surface area contributed by atoms with E-state index in [0.29, 0.717) is 25.2 Å². The number of halogens is 1. The summed E-state index contributed by atoms with van der Waals surface area (Å²) in [5, 5.41) is 3.89.